The van der Waals surface area contributed by atoms with Crippen LogP contribution in [0.25, 0.3) is 10.9 Å². The molecule has 1 aliphatic rings. The third-order valence-corrected chi connectivity index (χ3v) is 6.12. The maximum Gasteiger partial charge on any atom is 0.346 e. The minimum absolute atomic E-state index is 0.170. The fraction of sp³-hybridized carbons (Fsp3) is 0.385. The van der Waals surface area contributed by atoms with Crippen molar-refractivity contribution < 1.29 is 19.0 Å². The van der Waals surface area contributed by atoms with Crippen LogP contribution in [-0.2, 0) is 9.53 Å². The molecule has 8 nitrogen and oxygen atoms in total. The Kier molecular flexibility index (Phi) is 7.25. The van der Waals surface area contributed by atoms with Gasteiger partial charge in [-0.25, -0.2) is 9.78 Å². The molecule has 8 heteroatoms. The first-order valence-corrected chi connectivity index (χ1v) is 11.5. The van der Waals surface area contributed by atoms with Crippen molar-refractivity contribution in [3.05, 3.63) is 64.2 Å². The van der Waals surface area contributed by atoms with Gasteiger partial charge in [0.25, 0.3) is 5.56 Å². The molecule has 0 spiro atoms. The molecule has 0 amide bonds. The Morgan fingerprint density at radius 1 is 1.12 bits per heavy atom. The van der Waals surface area contributed by atoms with Crippen LogP contribution in [0.15, 0.2) is 52.4 Å². The summed E-state index contributed by atoms with van der Waals surface area (Å²) in [4.78, 5) is 30.2. The second kappa shape index (κ2) is 10.5. The van der Waals surface area contributed by atoms with E-state index in [0.29, 0.717) is 33.8 Å². The standard InChI is InChI=1S/C26H29N3O5/c1-17(26(31)33-3)34-23-19(12-9-15-22(23)32-2)16-27-29-24(18-10-5-4-6-11-18)28-21-14-8-7-13-20(21)25(29)30/h7-9,12-18H,4-6,10-11H2,1-3H3/t17-/m1/s1. The van der Waals surface area contributed by atoms with Crippen LogP contribution in [0.2, 0.25) is 0 Å². The molecule has 1 aliphatic carbocycles. The number of esters is 1. The van der Waals surface area contributed by atoms with Gasteiger partial charge in [-0.05, 0) is 44.0 Å². The Hall–Kier alpha value is -3.68. The first kappa shape index (κ1) is 23.5. The molecular formula is C26H29N3O5. The van der Waals surface area contributed by atoms with Crippen LogP contribution in [0.5, 0.6) is 11.5 Å². The molecule has 1 fully saturated rings. The average Bonchev–Trinajstić information content (AvgIpc) is 2.88. The molecule has 4 rings (SSSR count). The summed E-state index contributed by atoms with van der Waals surface area (Å²) in [6.45, 7) is 1.60. The number of nitrogens with zero attached hydrogens (tertiary/aromatic N) is 3. The van der Waals surface area contributed by atoms with Crippen molar-refractivity contribution in [2.45, 2.75) is 51.0 Å². The monoisotopic (exact) mass is 463 g/mol. The van der Waals surface area contributed by atoms with Crippen molar-refractivity contribution in [1.82, 2.24) is 9.66 Å². The van der Waals surface area contributed by atoms with Crippen molar-refractivity contribution in [2.24, 2.45) is 5.10 Å². The van der Waals surface area contributed by atoms with Crippen LogP contribution in [0.3, 0.4) is 0 Å². The number of hydrogen-bond donors (Lipinski definition) is 0. The molecule has 178 valence electrons. The highest BCUT2D eigenvalue weighted by molar-refractivity contribution is 5.86. The van der Waals surface area contributed by atoms with E-state index in [4.69, 9.17) is 19.2 Å². The highest BCUT2D eigenvalue weighted by Gasteiger charge is 2.23. The Morgan fingerprint density at radius 3 is 2.62 bits per heavy atom. The Morgan fingerprint density at radius 2 is 1.88 bits per heavy atom. The normalized spacial score (nSPS) is 15.4. The van der Waals surface area contributed by atoms with Crippen molar-refractivity contribution in [3.63, 3.8) is 0 Å². The zero-order valence-corrected chi connectivity index (χ0v) is 19.7. The molecule has 0 unspecified atom stereocenters. The number of carbonyl (C=O) groups is 1. The second-order valence-electron chi connectivity index (χ2n) is 8.35. The van der Waals surface area contributed by atoms with Crippen LogP contribution in [0, 0.1) is 0 Å². The lowest BCUT2D eigenvalue weighted by atomic mass is 9.88. The number of rotatable bonds is 7. The van der Waals surface area contributed by atoms with Gasteiger partial charge >= 0.3 is 5.97 Å². The summed E-state index contributed by atoms with van der Waals surface area (Å²) in [6, 6.07) is 12.6. The minimum atomic E-state index is -0.851. The molecular weight excluding hydrogens is 434 g/mol. The van der Waals surface area contributed by atoms with Gasteiger partial charge in [-0.2, -0.15) is 9.78 Å². The molecule has 1 aromatic heterocycles. The fourth-order valence-electron chi connectivity index (χ4n) is 4.31. The Bertz CT molecular complexity index is 1260. The SMILES string of the molecule is COC(=O)[C@@H](C)Oc1c(C=Nn2c(C3CCCCC3)nc3ccccc3c2=O)cccc1OC. The van der Waals surface area contributed by atoms with Crippen LogP contribution < -0.4 is 15.0 Å². The van der Waals surface area contributed by atoms with Crippen LogP contribution >= 0.6 is 0 Å². The smallest absolute Gasteiger partial charge is 0.346 e. The predicted octanol–water partition coefficient (Wildman–Crippen LogP) is 4.28. The number of para-hydroxylation sites is 2. The van der Waals surface area contributed by atoms with Gasteiger partial charge in [0, 0.05) is 11.5 Å². The van der Waals surface area contributed by atoms with E-state index >= 15 is 0 Å². The fourth-order valence-corrected chi connectivity index (χ4v) is 4.31. The van der Waals surface area contributed by atoms with Gasteiger partial charge in [-0.15, -0.1) is 0 Å². The van der Waals surface area contributed by atoms with Gasteiger partial charge in [0.15, 0.2) is 17.6 Å². The molecule has 1 atom stereocenters. The van der Waals surface area contributed by atoms with E-state index in [1.807, 2.05) is 18.2 Å². The van der Waals surface area contributed by atoms with Crippen molar-refractivity contribution in [3.8, 4) is 11.5 Å². The van der Waals surface area contributed by atoms with E-state index in [9.17, 15) is 9.59 Å². The van der Waals surface area contributed by atoms with Crippen LogP contribution in [-0.4, -0.2) is 42.2 Å². The summed E-state index contributed by atoms with van der Waals surface area (Å²) in [5.41, 5.74) is 1.03. The van der Waals surface area contributed by atoms with E-state index in [1.165, 1.54) is 25.3 Å². The molecule has 0 N–H and O–H groups in total. The van der Waals surface area contributed by atoms with Crippen LogP contribution in [0.1, 0.15) is 56.3 Å². The summed E-state index contributed by atoms with van der Waals surface area (Å²) in [5, 5.41) is 5.09. The number of methoxy groups -OCH3 is 2. The largest absolute Gasteiger partial charge is 0.493 e. The van der Waals surface area contributed by atoms with Gasteiger partial charge in [0.2, 0.25) is 0 Å². The molecule has 1 heterocycles. The van der Waals surface area contributed by atoms with Crippen molar-refractivity contribution in [2.75, 3.05) is 14.2 Å². The lowest BCUT2D eigenvalue weighted by Crippen LogP contribution is -2.26. The third-order valence-electron chi connectivity index (χ3n) is 6.12. The van der Waals surface area contributed by atoms with Gasteiger partial charge in [-0.1, -0.05) is 37.5 Å². The molecule has 3 aromatic rings. The molecule has 2 aromatic carbocycles. The highest BCUT2D eigenvalue weighted by Crippen LogP contribution is 2.33. The van der Waals surface area contributed by atoms with Crippen LogP contribution in [0.4, 0.5) is 0 Å². The van der Waals surface area contributed by atoms with Crippen molar-refractivity contribution in [1.29, 1.82) is 0 Å². The number of benzene rings is 2. The summed E-state index contributed by atoms with van der Waals surface area (Å²) in [6.07, 6.45) is 6.06. The van der Waals surface area contributed by atoms with Gasteiger partial charge in [0.1, 0.15) is 5.82 Å². The molecule has 0 aliphatic heterocycles. The van der Waals surface area contributed by atoms with E-state index < -0.39 is 12.1 Å². The molecule has 1 saturated carbocycles. The van der Waals surface area contributed by atoms with E-state index in [-0.39, 0.29) is 11.5 Å². The lowest BCUT2D eigenvalue weighted by Gasteiger charge is -2.22. The lowest BCUT2D eigenvalue weighted by molar-refractivity contribution is -0.147. The Balaban J connectivity index is 1.80. The summed E-state index contributed by atoms with van der Waals surface area (Å²) < 4.78 is 17.5. The number of fused-ring (bicyclic) bond motifs is 1. The zero-order valence-electron chi connectivity index (χ0n) is 19.7. The quantitative estimate of drug-likeness (QED) is 0.384. The number of hydrogen-bond acceptors (Lipinski definition) is 7. The zero-order chi connectivity index (χ0) is 24.1. The predicted molar refractivity (Wildman–Crippen MR) is 130 cm³/mol. The molecule has 0 bridgehead atoms. The minimum Gasteiger partial charge on any atom is -0.493 e. The Labute approximate surface area is 198 Å². The number of ether oxygens (including phenoxy) is 3. The van der Waals surface area contributed by atoms with Gasteiger partial charge in [0.05, 0.1) is 31.3 Å². The molecule has 34 heavy (non-hydrogen) atoms. The van der Waals surface area contributed by atoms with E-state index in [0.717, 1.165) is 25.7 Å². The molecule has 0 radical (unpaired) electrons. The summed E-state index contributed by atoms with van der Waals surface area (Å²) in [7, 11) is 2.82. The van der Waals surface area contributed by atoms with E-state index in [1.54, 1.807) is 37.4 Å². The van der Waals surface area contributed by atoms with Crippen molar-refractivity contribution >= 4 is 23.1 Å². The number of carbonyl (C=O) groups excluding carboxylic acids is 1. The topological polar surface area (TPSA) is 92.0 Å². The third kappa shape index (κ3) is 4.81. The summed E-state index contributed by atoms with van der Waals surface area (Å²) >= 11 is 0. The van der Waals surface area contributed by atoms with Gasteiger partial charge in [-0.3, -0.25) is 4.79 Å². The van der Waals surface area contributed by atoms with Gasteiger partial charge < -0.3 is 14.2 Å². The number of aromatic nitrogens is 2. The maximum absolute atomic E-state index is 13.4. The van der Waals surface area contributed by atoms with E-state index in [2.05, 4.69) is 5.10 Å². The summed E-state index contributed by atoms with van der Waals surface area (Å²) in [5.74, 6) is 1.11. The molecule has 0 saturated heterocycles. The maximum atomic E-state index is 13.4. The first-order chi connectivity index (χ1) is 16.5. The average molecular weight is 464 g/mol. The first-order valence-electron chi connectivity index (χ1n) is 11.5. The second-order valence-corrected chi connectivity index (χ2v) is 8.35. The highest BCUT2D eigenvalue weighted by atomic mass is 16.6.